The SMILES string of the molecule is NCc1nc2cc(Cl)ccc2c(=O)n1C1CCCC1. The number of benzene rings is 1. The molecule has 0 bridgehead atoms. The summed E-state index contributed by atoms with van der Waals surface area (Å²) >= 11 is 5.95. The summed E-state index contributed by atoms with van der Waals surface area (Å²) in [5.74, 6) is 0.659. The van der Waals surface area contributed by atoms with Crippen molar-refractivity contribution in [2.45, 2.75) is 38.3 Å². The summed E-state index contributed by atoms with van der Waals surface area (Å²) < 4.78 is 1.79. The number of halogens is 1. The van der Waals surface area contributed by atoms with Gasteiger partial charge in [-0.2, -0.15) is 0 Å². The molecule has 5 heteroatoms. The zero-order valence-corrected chi connectivity index (χ0v) is 11.4. The van der Waals surface area contributed by atoms with Gasteiger partial charge < -0.3 is 5.73 Å². The van der Waals surface area contributed by atoms with Gasteiger partial charge in [0.2, 0.25) is 0 Å². The Kier molecular flexibility index (Phi) is 3.29. The van der Waals surface area contributed by atoms with Crippen LogP contribution in [-0.4, -0.2) is 9.55 Å². The third-order valence-electron chi connectivity index (χ3n) is 3.81. The summed E-state index contributed by atoms with van der Waals surface area (Å²) in [5, 5.41) is 1.20. The number of nitrogens with two attached hydrogens (primary N) is 1. The first kappa shape index (κ1) is 12.6. The van der Waals surface area contributed by atoms with E-state index in [0.717, 1.165) is 12.8 Å². The largest absolute Gasteiger partial charge is 0.324 e. The van der Waals surface area contributed by atoms with Gasteiger partial charge in [0, 0.05) is 11.1 Å². The van der Waals surface area contributed by atoms with E-state index in [1.165, 1.54) is 12.8 Å². The normalized spacial score (nSPS) is 16.3. The molecule has 1 aromatic heterocycles. The van der Waals surface area contributed by atoms with Crippen molar-refractivity contribution in [3.63, 3.8) is 0 Å². The van der Waals surface area contributed by atoms with Crippen molar-refractivity contribution in [1.29, 1.82) is 0 Å². The van der Waals surface area contributed by atoms with E-state index in [1.807, 2.05) is 0 Å². The summed E-state index contributed by atoms with van der Waals surface area (Å²) in [4.78, 5) is 17.1. The summed E-state index contributed by atoms with van der Waals surface area (Å²) in [6.07, 6.45) is 4.40. The van der Waals surface area contributed by atoms with Gasteiger partial charge in [-0.25, -0.2) is 4.98 Å². The highest BCUT2D eigenvalue weighted by Gasteiger charge is 2.22. The fraction of sp³-hybridized carbons (Fsp3) is 0.429. The molecule has 19 heavy (non-hydrogen) atoms. The van der Waals surface area contributed by atoms with Crippen molar-refractivity contribution < 1.29 is 0 Å². The molecule has 1 aromatic carbocycles. The number of aromatic nitrogens is 2. The molecule has 2 N–H and O–H groups in total. The molecule has 0 unspecified atom stereocenters. The van der Waals surface area contributed by atoms with E-state index >= 15 is 0 Å². The first-order chi connectivity index (χ1) is 9.20. The highest BCUT2D eigenvalue weighted by atomic mass is 35.5. The molecule has 1 heterocycles. The lowest BCUT2D eigenvalue weighted by atomic mass is 10.2. The number of hydrogen-bond donors (Lipinski definition) is 1. The van der Waals surface area contributed by atoms with Crippen LogP contribution in [0, 0.1) is 0 Å². The predicted molar refractivity (Wildman–Crippen MR) is 76.4 cm³/mol. The molecule has 1 aliphatic carbocycles. The Labute approximate surface area is 116 Å². The van der Waals surface area contributed by atoms with Crippen LogP contribution in [0.25, 0.3) is 10.9 Å². The maximum atomic E-state index is 12.6. The summed E-state index contributed by atoms with van der Waals surface area (Å²) in [5.41, 5.74) is 6.40. The lowest BCUT2D eigenvalue weighted by Crippen LogP contribution is -2.29. The standard InChI is InChI=1S/C14H16ClN3O/c15-9-5-6-11-12(7-9)17-13(8-16)18(14(11)19)10-3-1-2-4-10/h5-7,10H,1-4,8,16H2. The quantitative estimate of drug-likeness (QED) is 0.918. The van der Waals surface area contributed by atoms with Crippen LogP contribution in [0.2, 0.25) is 5.02 Å². The van der Waals surface area contributed by atoms with Crippen molar-refractivity contribution in [1.82, 2.24) is 9.55 Å². The van der Waals surface area contributed by atoms with Gasteiger partial charge in [-0.3, -0.25) is 9.36 Å². The number of rotatable bonds is 2. The minimum Gasteiger partial charge on any atom is -0.324 e. The van der Waals surface area contributed by atoms with E-state index in [0.29, 0.717) is 21.7 Å². The van der Waals surface area contributed by atoms with E-state index < -0.39 is 0 Å². The van der Waals surface area contributed by atoms with Crippen molar-refractivity contribution in [2.24, 2.45) is 5.73 Å². The molecule has 2 aromatic rings. The number of nitrogens with zero attached hydrogens (tertiary/aromatic N) is 2. The lowest BCUT2D eigenvalue weighted by molar-refractivity contribution is 0.477. The molecule has 1 fully saturated rings. The van der Waals surface area contributed by atoms with Crippen molar-refractivity contribution in [2.75, 3.05) is 0 Å². The Bertz CT molecular complexity index is 674. The zero-order chi connectivity index (χ0) is 13.4. The Morgan fingerprint density at radius 3 is 2.79 bits per heavy atom. The van der Waals surface area contributed by atoms with Gasteiger partial charge in [0.1, 0.15) is 5.82 Å². The van der Waals surface area contributed by atoms with E-state index in [4.69, 9.17) is 17.3 Å². The summed E-state index contributed by atoms with van der Waals surface area (Å²) in [7, 11) is 0. The second-order valence-corrected chi connectivity index (χ2v) is 5.44. The summed E-state index contributed by atoms with van der Waals surface area (Å²) in [6.45, 7) is 0.272. The van der Waals surface area contributed by atoms with Crippen LogP contribution >= 0.6 is 11.6 Å². The first-order valence-electron chi connectivity index (χ1n) is 6.61. The van der Waals surface area contributed by atoms with Crippen LogP contribution in [0.5, 0.6) is 0 Å². The van der Waals surface area contributed by atoms with E-state index in [2.05, 4.69) is 4.98 Å². The molecule has 100 valence electrons. The fourth-order valence-corrected chi connectivity index (χ4v) is 3.07. The third kappa shape index (κ3) is 2.15. The molecule has 3 rings (SSSR count). The van der Waals surface area contributed by atoms with Crippen LogP contribution in [0.4, 0.5) is 0 Å². The Morgan fingerprint density at radius 2 is 2.11 bits per heavy atom. The van der Waals surface area contributed by atoms with Crippen LogP contribution in [0.3, 0.4) is 0 Å². The van der Waals surface area contributed by atoms with Crippen LogP contribution in [-0.2, 0) is 6.54 Å². The number of hydrogen-bond acceptors (Lipinski definition) is 3. The van der Waals surface area contributed by atoms with Gasteiger partial charge in [0.15, 0.2) is 0 Å². The number of fused-ring (bicyclic) bond motifs is 1. The van der Waals surface area contributed by atoms with Gasteiger partial charge in [-0.15, -0.1) is 0 Å². The zero-order valence-electron chi connectivity index (χ0n) is 10.6. The van der Waals surface area contributed by atoms with E-state index in [-0.39, 0.29) is 18.1 Å². The Hall–Kier alpha value is -1.39. The Balaban J connectivity index is 2.28. The summed E-state index contributed by atoms with van der Waals surface area (Å²) in [6, 6.07) is 5.45. The highest BCUT2D eigenvalue weighted by molar-refractivity contribution is 6.31. The second-order valence-electron chi connectivity index (χ2n) is 5.01. The van der Waals surface area contributed by atoms with Gasteiger partial charge >= 0.3 is 0 Å². The molecule has 0 radical (unpaired) electrons. The van der Waals surface area contributed by atoms with E-state index in [1.54, 1.807) is 22.8 Å². The molecular weight excluding hydrogens is 262 g/mol. The molecule has 0 atom stereocenters. The molecule has 0 saturated heterocycles. The lowest BCUT2D eigenvalue weighted by Gasteiger charge is -2.18. The molecule has 0 aliphatic heterocycles. The third-order valence-corrected chi connectivity index (χ3v) is 4.04. The maximum absolute atomic E-state index is 12.6. The Morgan fingerprint density at radius 1 is 1.37 bits per heavy atom. The van der Waals surface area contributed by atoms with Crippen LogP contribution in [0.15, 0.2) is 23.0 Å². The maximum Gasteiger partial charge on any atom is 0.261 e. The molecule has 4 nitrogen and oxygen atoms in total. The second kappa shape index (κ2) is 4.94. The van der Waals surface area contributed by atoms with Crippen molar-refractivity contribution >= 4 is 22.5 Å². The monoisotopic (exact) mass is 277 g/mol. The van der Waals surface area contributed by atoms with Crippen molar-refractivity contribution in [3.05, 3.63) is 39.4 Å². The van der Waals surface area contributed by atoms with Gasteiger partial charge in [0.05, 0.1) is 17.4 Å². The molecular formula is C14H16ClN3O. The van der Waals surface area contributed by atoms with Crippen LogP contribution < -0.4 is 11.3 Å². The van der Waals surface area contributed by atoms with Gasteiger partial charge in [-0.05, 0) is 31.0 Å². The van der Waals surface area contributed by atoms with Gasteiger partial charge in [-0.1, -0.05) is 24.4 Å². The van der Waals surface area contributed by atoms with Crippen molar-refractivity contribution in [3.8, 4) is 0 Å². The minimum atomic E-state index is 0.00835. The van der Waals surface area contributed by atoms with Gasteiger partial charge in [0.25, 0.3) is 5.56 Å². The van der Waals surface area contributed by atoms with Crippen LogP contribution in [0.1, 0.15) is 37.5 Å². The van der Waals surface area contributed by atoms with E-state index in [9.17, 15) is 4.79 Å². The highest BCUT2D eigenvalue weighted by Crippen LogP contribution is 2.29. The fourth-order valence-electron chi connectivity index (χ4n) is 2.90. The minimum absolute atomic E-state index is 0.00835. The smallest absolute Gasteiger partial charge is 0.261 e. The average molecular weight is 278 g/mol. The average Bonchev–Trinajstić information content (AvgIpc) is 2.91. The molecule has 1 saturated carbocycles. The predicted octanol–water partition coefficient (Wildman–Crippen LogP) is 2.62. The first-order valence-corrected chi connectivity index (χ1v) is 6.99. The molecule has 0 amide bonds. The topological polar surface area (TPSA) is 60.9 Å². The molecule has 1 aliphatic rings. The molecule has 0 spiro atoms.